The van der Waals surface area contributed by atoms with E-state index in [0.29, 0.717) is 47.1 Å². The SMILES string of the molecule is Cc1oc(-c2cccs2)nc1C(=O)Nc1cc2c(cc1Cl)OCCCO2. The van der Waals surface area contributed by atoms with Crippen LogP contribution in [0, 0.1) is 6.92 Å². The molecule has 0 saturated heterocycles. The molecule has 3 aromatic rings. The van der Waals surface area contributed by atoms with Gasteiger partial charge in [-0.05, 0) is 18.4 Å². The lowest BCUT2D eigenvalue weighted by Gasteiger charge is -2.12. The maximum absolute atomic E-state index is 12.6. The molecule has 0 atom stereocenters. The van der Waals surface area contributed by atoms with Gasteiger partial charge in [-0.1, -0.05) is 17.7 Å². The summed E-state index contributed by atoms with van der Waals surface area (Å²) in [6.07, 6.45) is 0.789. The Morgan fingerprint density at radius 1 is 1.27 bits per heavy atom. The van der Waals surface area contributed by atoms with E-state index in [1.54, 1.807) is 19.1 Å². The molecule has 1 aliphatic heterocycles. The molecule has 3 heterocycles. The molecule has 6 nitrogen and oxygen atoms in total. The van der Waals surface area contributed by atoms with Crippen LogP contribution in [0.2, 0.25) is 5.02 Å². The Labute approximate surface area is 158 Å². The summed E-state index contributed by atoms with van der Waals surface area (Å²) in [7, 11) is 0. The molecular weight excluding hydrogens is 376 g/mol. The molecule has 0 aliphatic carbocycles. The number of halogens is 1. The molecule has 1 aromatic carbocycles. The maximum Gasteiger partial charge on any atom is 0.277 e. The van der Waals surface area contributed by atoms with Crippen molar-refractivity contribution in [2.24, 2.45) is 0 Å². The van der Waals surface area contributed by atoms with E-state index in [9.17, 15) is 4.79 Å². The Hall–Kier alpha value is -2.51. The van der Waals surface area contributed by atoms with Crippen molar-refractivity contribution in [1.29, 1.82) is 0 Å². The predicted molar refractivity (Wildman–Crippen MR) is 99.6 cm³/mol. The van der Waals surface area contributed by atoms with Crippen molar-refractivity contribution in [3.05, 3.63) is 46.1 Å². The summed E-state index contributed by atoms with van der Waals surface area (Å²) in [5.41, 5.74) is 0.651. The molecule has 1 amide bonds. The number of carbonyl (C=O) groups is 1. The number of aromatic nitrogens is 1. The fraction of sp³-hybridized carbons (Fsp3) is 0.222. The highest BCUT2D eigenvalue weighted by molar-refractivity contribution is 7.13. The number of oxazole rings is 1. The molecule has 1 N–H and O–H groups in total. The molecular formula is C18H15ClN2O4S. The van der Waals surface area contributed by atoms with E-state index in [0.717, 1.165) is 11.3 Å². The molecule has 0 saturated carbocycles. The van der Waals surface area contributed by atoms with Crippen LogP contribution in [0.25, 0.3) is 10.8 Å². The van der Waals surface area contributed by atoms with Gasteiger partial charge in [-0.25, -0.2) is 4.98 Å². The van der Waals surface area contributed by atoms with Crippen LogP contribution >= 0.6 is 22.9 Å². The number of carbonyl (C=O) groups excluding carboxylic acids is 1. The van der Waals surface area contributed by atoms with Crippen molar-refractivity contribution in [2.75, 3.05) is 18.5 Å². The molecule has 26 heavy (non-hydrogen) atoms. The second kappa shape index (κ2) is 7.01. The number of benzene rings is 1. The zero-order chi connectivity index (χ0) is 18.1. The van der Waals surface area contributed by atoms with Crippen LogP contribution in [0.3, 0.4) is 0 Å². The first-order valence-electron chi connectivity index (χ1n) is 8.03. The molecule has 8 heteroatoms. The van der Waals surface area contributed by atoms with E-state index in [1.165, 1.54) is 11.3 Å². The largest absolute Gasteiger partial charge is 0.490 e. The number of amides is 1. The number of aryl methyl sites for hydroxylation is 1. The normalized spacial score (nSPS) is 13.3. The molecule has 4 rings (SSSR count). The van der Waals surface area contributed by atoms with Gasteiger partial charge in [0.05, 0.1) is 28.8 Å². The number of hydrogen-bond donors (Lipinski definition) is 1. The third-order valence-electron chi connectivity index (χ3n) is 3.83. The van der Waals surface area contributed by atoms with Crippen molar-refractivity contribution in [1.82, 2.24) is 4.98 Å². The standard InChI is InChI=1S/C18H15ClN2O4S/c1-10-16(21-18(25-10)15-4-2-7-26-15)17(22)20-12-9-14-13(8-11(12)19)23-5-3-6-24-14/h2,4,7-9H,3,5-6H2,1H3,(H,20,22). The minimum absolute atomic E-state index is 0.219. The number of anilines is 1. The molecule has 134 valence electrons. The van der Waals surface area contributed by atoms with Gasteiger partial charge in [-0.3, -0.25) is 4.79 Å². The first-order valence-corrected chi connectivity index (χ1v) is 9.29. The highest BCUT2D eigenvalue weighted by Gasteiger charge is 2.21. The molecule has 1 aliphatic rings. The summed E-state index contributed by atoms with van der Waals surface area (Å²) < 4.78 is 16.8. The maximum atomic E-state index is 12.6. The van der Waals surface area contributed by atoms with Gasteiger partial charge in [0.15, 0.2) is 17.2 Å². The summed E-state index contributed by atoms with van der Waals surface area (Å²) in [6, 6.07) is 7.09. The number of fused-ring (bicyclic) bond motifs is 1. The van der Waals surface area contributed by atoms with Crippen LogP contribution < -0.4 is 14.8 Å². The number of rotatable bonds is 3. The van der Waals surface area contributed by atoms with Gasteiger partial charge in [-0.2, -0.15) is 0 Å². The zero-order valence-electron chi connectivity index (χ0n) is 13.9. The first-order chi connectivity index (χ1) is 12.6. The summed E-state index contributed by atoms with van der Waals surface area (Å²) in [6.45, 7) is 2.82. The van der Waals surface area contributed by atoms with Gasteiger partial charge < -0.3 is 19.2 Å². The lowest BCUT2D eigenvalue weighted by molar-refractivity contribution is 0.102. The number of nitrogens with zero attached hydrogens (tertiary/aromatic N) is 1. The minimum atomic E-state index is -0.398. The van der Waals surface area contributed by atoms with Gasteiger partial charge >= 0.3 is 0 Å². The average molecular weight is 391 g/mol. The van der Waals surface area contributed by atoms with E-state index in [4.69, 9.17) is 25.5 Å². The first kappa shape index (κ1) is 16.9. The van der Waals surface area contributed by atoms with Crippen LogP contribution in [-0.2, 0) is 0 Å². The van der Waals surface area contributed by atoms with E-state index in [2.05, 4.69) is 10.3 Å². The van der Waals surface area contributed by atoms with Crippen LogP contribution in [0.5, 0.6) is 11.5 Å². The second-order valence-corrected chi connectivity index (χ2v) is 7.04. The second-order valence-electron chi connectivity index (χ2n) is 5.68. The molecule has 0 spiro atoms. The highest BCUT2D eigenvalue weighted by Crippen LogP contribution is 2.38. The monoisotopic (exact) mass is 390 g/mol. The Morgan fingerprint density at radius 2 is 2.04 bits per heavy atom. The smallest absolute Gasteiger partial charge is 0.277 e. The van der Waals surface area contributed by atoms with Crippen molar-refractivity contribution in [3.63, 3.8) is 0 Å². The number of thiophene rings is 1. The van der Waals surface area contributed by atoms with Gasteiger partial charge in [0.1, 0.15) is 5.76 Å². The third-order valence-corrected chi connectivity index (χ3v) is 5.00. The minimum Gasteiger partial charge on any atom is -0.490 e. The van der Waals surface area contributed by atoms with Gasteiger partial charge in [0.25, 0.3) is 5.91 Å². The van der Waals surface area contributed by atoms with E-state index in [-0.39, 0.29) is 5.69 Å². The predicted octanol–water partition coefficient (Wildman–Crippen LogP) is 4.78. The van der Waals surface area contributed by atoms with Gasteiger partial charge in [0, 0.05) is 18.6 Å². The number of hydrogen-bond acceptors (Lipinski definition) is 6. The summed E-state index contributed by atoms with van der Waals surface area (Å²) in [5.74, 6) is 1.59. The van der Waals surface area contributed by atoms with Crippen molar-refractivity contribution in [3.8, 4) is 22.3 Å². The molecule has 0 bridgehead atoms. The Balaban J connectivity index is 1.60. The van der Waals surface area contributed by atoms with Crippen molar-refractivity contribution >= 4 is 34.5 Å². The van der Waals surface area contributed by atoms with E-state index >= 15 is 0 Å². The molecule has 2 aromatic heterocycles. The van der Waals surface area contributed by atoms with Crippen molar-refractivity contribution in [2.45, 2.75) is 13.3 Å². The van der Waals surface area contributed by atoms with E-state index < -0.39 is 5.91 Å². The quantitative estimate of drug-likeness (QED) is 0.696. The van der Waals surface area contributed by atoms with E-state index in [1.807, 2.05) is 17.5 Å². The topological polar surface area (TPSA) is 73.6 Å². The van der Waals surface area contributed by atoms with Crippen LogP contribution in [-0.4, -0.2) is 24.1 Å². The number of ether oxygens (including phenoxy) is 2. The highest BCUT2D eigenvalue weighted by atomic mass is 35.5. The summed E-state index contributed by atoms with van der Waals surface area (Å²) >= 11 is 7.77. The molecule has 0 unspecified atom stereocenters. The Morgan fingerprint density at radius 3 is 2.77 bits per heavy atom. The molecule has 0 radical (unpaired) electrons. The van der Waals surface area contributed by atoms with Crippen LogP contribution in [0.15, 0.2) is 34.1 Å². The average Bonchev–Trinajstić information content (AvgIpc) is 3.22. The fourth-order valence-electron chi connectivity index (χ4n) is 2.57. The lowest BCUT2D eigenvalue weighted by atomic mass is 10.2. The van der Waals surface area contributed by atoms with Gasteiger partial charge in [0.2, 0.25) is 5.89 Å². The van der Waals surface area contributed by atoms with Crippen LogP contribution in [0.4, 0.5) is 5.69 Å². The summed E-state index contributed by atoms with van der Waals surface area (Å²) in [4.78, 5) is 17.8. The third kappa shape index (κ3) is 3.27. The lowest BCUT2D eigenvalue weighted by Crippen LogP contribution is -2.14. The van der Waals surface area contributed by atoms with Gasteiger partial charge in [-0.15, -0.1) is 11.3 Å². The van der Waals surface area contributed by atoms with Crippen LogP contribution in [0.1, 0.15) is 22.7 Å². The number of nitrogens with one attached hydrogen (secondary N) is 1. The summed E-state index contributed by atoms with van der Waals surface area (Å²) in [5, 5.41) is 5.06. The Bertz CT molecular complexity index is 953. The Kier molecular flexibility index (Phi) is 4.57. The zero-order valence-corrected chi connectivity index (χ0v) is 15.4. The van der Waals surface area contributed by atoms with Crippen molar-refractivity contribution < 1.29 is 18.7 Å². The fourth-order valence-corrected chi connectivity index (χ4v) is 3.42. The molecule has 0 fully saturated rings.